The maximum absolute atomic E-state index is 9.11. The van der Waals surface area contributed by atoms with Crippen LogP contribution in [0.25, 0.3) is 11.2 Å². The van der Waals surface area contributed by atoms with Gasteiger partial charge in [-0.2, -0.15) is 9.97 Å². The van der Waals surface area contributed by atoms with Gasteiger partial charge in [0.2, 0.25) is 10.6 Å². The van der Waals surface area contributed by atoms with Crippen molar-refractivity contribution in [1.82, 2.24) is 29.9 Å². The number of carbonyl (C=O) groups is 1. The molecule has 0 spiro atoms. The number of rotatable bonds is 0. The molecule has 9 nitrogen and oxygen atoms in total. The third-order valence-electron chi connectivity index (χ3n) is 1.97. The molecule has 0 aliphatic rings. The Morgan fingerprint density at radius 2 is 1.59 bits per heavy atom. The summed E-state index contributed by atoms with van der Waals surface area (Å²) in [5, 5.41) is 0.226. The molecule has 0 unspecified atom stereocenters. The van der Waals surface area contributed by atoms with Gasteiger partial charge in [-0.15, -0.1) is 0 Å². The summed E-state index contributed by atoms with van der Waals surface area (Å²) in [4.78, 5) is 31.5. The summed E-state index contributed by atoms with van der Waals surface area (Å²) in [5.74, 6) is 0.218. The maximum atomic E-state index is 9.11. The molecule has 14 heteroatoms. The molecular weight excluding hydrogens is 760 g/mol. The van der Waals surface area contributed by atoms with Crippen molar-refractivity contribution in [2.24, 2.45) is 0 Å². The van der Waals surface area contributed by atoms with Gasteiger partial charge in [0.25, 0.3) is 0 Å². The molecule has 3 aromatic heterocycles. The molecule has 0 aliphatic carbocycles. The summed E-state index contributed by atoms with van der Waals surface area (Å²) >= 11 is 17.9. The van der Waals surface area contributed by atoms with E-state index < -0.39 is 6.26 Å². The number of hydrogen-bond donors (Lipinski definition) is 2. The minimum atomic E-state index is -0.583. The van der Waals surface area contributed by atoms with Crippen LogP contribution in [0.1, 0.15) is 24.0 Å². The first kappa shape index (κ1) is 26.6. The van der Waals surface area contributed by atoms with Gasteiger partial charge < -0.3 is 16.3 Å². The molecule has 29 heavy (non-hydrogen) atoms. The van der Waals surface area contributed by atoms with E-state index in [-0.39, 0.29) is 30.0 Å². The normalized spacial score (nSPS) is 10.3. The molecule has 0 amide bonds. The zero-order chi connectivity index (χ0) is 23.5. The van der Waals surface area contributed by atoms with Crippen molar-refractivity contribution in [2.75, 3.05) is 11.5 Å². The summed E-state index contributed by atoms with van der Waals surface area (Å²) < 4.78 is 13.5. The molecule has 0 bridgehead atoms. The highest BCUT2D eigenvalue weighted by atomic mass is 127. The average molecular weight is 781 g/mol. The van der Waals surface area contributed by atoms with E-state index in [0.29, 0.717) is 16.3 Å². The predicted octanol–water partition coefficient (Wildman–Crippen LogP) is 5.17. The van der Waals surface area contributed by atoms with E-state index in [0.717, 1.165) is 0 Å². The lowest BCUT2D eigenvalue weighted by Crippen LogP contribution is -1.98. The molecule has 0 aliphatic heterocycles. The Morgan fingerprint density at radius 3 is 2.07 bits per heavy atom. The van der Waals surface area contributed by atoms with E-state index in [1.165, 1.54) is 25.5 Å². The number of halogens is 5. The Balaban J connectivity index is 0. The number of fused-ring (bicyclic) bond motifs is 1. The van der Waals surface area contributed by atoms with Crippen molar-refractivity contribution in [3.8, 4) is 0 Å². The number of nitrogens with zero attached hydrogens (tertiary/aromatic N) is 6. The van der Waals surface area contributed by atoms with Crippen LogP contribution in [0.4, 0.5) is 11.5 Å². The minimum Gasteiger partial charge on any atom is -0.394 e. The van der Waals surface area contributed by atoms with Crippen LogP contribution in [-0.4, -0.2) is 35.6 Å². The van der Waals surface area contributed by atoms with Gasteiger partial charge in [0.15, 0.2) is 11.5 Å². The van der Waals surface area contributed by atoms with Crippen LogP contribution in [0.5, 0.6) is 0 Å². The second kappa shape index (κ2) is 16.3. The van der Waals surface area contributed by atoms with Crippen molar-refractivity contribution >= 4 is 120 Å². The molecule has 0 fully saturated rings. The lowest BCUT2D eigenvalue weighted by molar-refractivity contribution is -0.106. The zero-order valence-electron chi connectivity index (χ0n) is 16.4. The monoisotopic (exact) mass is 780 g/mol. The molecule has 0 saturated carbocycles. The SMILES string of the molecule is C.CC(I)(I)I.Nc1cnc(Cl)nc1N.[2H]C(C)=O.[2H]c1cnc2cnc(Cl)nc2n1. The fraction of sp³-hybridized carbons (Fsp3) is 0.267. The summed E-state index contributed by atoms with van der Waals surface area (Å²) in [7, 11) is 0. The largest absolute Gasteiger partial charge is 0.394 e. The number of nitrogens with two attached hydrogens (primary N) is 2. The van der Waals surface area contributed by atoms with E-state index in [1.807, 2.05) is 0 Å². The van der Waals surface area contributed by atoms with Crippen LogP contribution < -0.4 is 11.5 Å². The van der Waals surface area contributed by atoms with Crippen molar-refractivity contribution < 1.29 is 7.54 Å². The Morgan fingerprint density at radius 1 is 1.10 bits per heavy atom. The maximum Gasteiger partial charge on any atom is 0.224 e. The first-order valence-corrected chi connectivity index (χ1v) is 10.9. The van der Waals surface area contributed by atoms with Crippen LogP contribution in [0, 0.1) is 0 Å². The number of hydrogen-bond acceptors (Lipinski definition) is 9. The van der Waals surface area contributed by atoms with Gasteiger partial charge in [-0.3, -0.25) is 0 Å². The Kier molecular flexibility index (Phi) is 14.9. The van der Waals surface area contributed by atoms with Gasteiger partial charge in [-0.25, -0.2) is 19.9 Å². The van der Waals surface area contributed by atoms with E-state index >= 15 is 0 Å². The molecule has 0 radical (unpaired) electrons. The molecule has 3 aromatic rings. The Bertz CT molecular complexity index is 936. The van der Waals surface area contributed by atoms with Crippen molar-refractivity contribution in [2.45, 2.75) is 20.7 Å². The second-order valence-electron chi connectivity index (χ2n) is 4.31. The van der Waals surface area contributed by atoms with Gasteiger partial charge in [0.1, 0.15) is 12.6 Å². The highest BCUT2D eigenvalue weighted by Gasteiger charge is 2.04. The molecular formula is C15H19Cl2I3N8O. The fourth-order valence-electron chi connectivity index (χ4n) is 1.09. The molecule has 3 rings (SSSR count). The quantitative estimate of drug-likeness (QED) is 0.137. The number of alkyl halides is 3. The van der Waals surface area contributed by atoms with E-state index in [2.05, 4.69) is 105 Å². The predicted molar refractivity (Wildman–Crippen MR) is 145 cm³/mol. The lowest BCUT2D eigenvalue weighted by Gasteiger charge is -1.96. The van der Waals surface area contributed by atoms with Crippen LogP contribution in [-0.2, 0) is 4.79 Å². The van der Waals surface area contributed by atoms with Gasteiger partial charge in [-0.1, -0.05) is 75.2 Å². The van der Waals surface area contributed by atoms with E-state index in [4.69, 9.17) is 42.2 Å². The van der Waals surface area contributed by atoms with Gasteiger partial charge in [-0.05, 0) is 37.0 Å². The fourth-order valence-corrected chi connectivity index (χ4v) is 1.36. The van der Waals surface area contributed by atoms with E-state index in [9.17, 15) is 0 Å². The first-order chi connectivity index (χ1) is 13.7. The molecule has 0 atom stereocenters. The van der Waals surface area contributed by atoms with Crippen molar-refractivity contribution in [3.05, 3.63) is 35.3 Å². The van der Waals surface area contributed by atoms with Gasteiger partial charge in [0.05, 0.1) is 19.5 Å². The molecule has 4 N–H and O–H groups in total. The third-order valence-corrected chi connectivity index (χ3v) is 2.34. The lowest BCUT2D eigenvalue weighted by atomic mass is 10.5. The van der Waals surface area contributed by atoms with Crippen LogP contribution in [0.2, 0.25) is 10.6 Å². The second-order valence-corrected chi connectivity index (χ2v) is 17.7. The standard InChI is InChI=1S/C6H3ClN4.C4H5ClN4.C2H3I3.C2H4O.CH4/c7-6-10-3-4-5(11-6)9-2-1-8-4;5-4-8-1-2(6)3(7)9-4;1-2(3,4)5;1-2-3;/h1-3H;1H,6H2,(H2,7,8,9);1H3;2H,1H3;1H4/i2D;;;2D;. The molecule has 160 valence electrons. The van der Waals surface area contributed by atoms with Crippen molar-refractivity contribution in [3.63, 3.8) is 0 Å². The zero-order valence-corrected chi connectivity index (χ0v) is 22.4. The smallest absolute Gasteiger partial charge is 0.224 e. The summed E-state index contributed by atoms with van der Waals surface area (Å²) in [6.07, 6.45) is 3.65. The molecule has 0 saturated heterocycles. The number of aldehydes is 1. The average Bonchev–Trinajstić information content (AvgIpc) is 2.56. The summed E-state index contributed by atoms with van der Waals surface area (Å²) in [6.45, 7) is 3.34. The van der Waals surface area contributed by atoms with Crippen molar-refractivity contribution in [1.29, 1.82) is 0 Å². The number of carbonyl (C=O) groups excluding carboxylic acids is 1. The topological polar surface area (TPSA) is 146 Å². The third kappa shape index (κ3) is 17.0. The minimum absolute atomic E-state index is 0. The summed E-state index contributed by atoms with van der Waals surface area (Å²) in [6, 6.07) is 0. The van der Waals surface area contributed by atoms with Gasteiger partial charge in [0, 0.05) is 12.4 Å². The van der Waals surface area contributed by atoms with Crippen LogP contribution >= 0.6 is 91.0 Å². The molecule has 0 aromatic carbocycles. The van der Waals surface area contributed by atoms with Crippen LogP contribution in [0.15, 0.2) is 24.8 Å². The van der Waals surface area contributed by atoms with Gasteiger partial charge >= 0.3 is 0 Å². The highest BCUT2D eigenvalue weighted by Crippen LogP contribution is 2.33. The summed E-state index contributed by atoms with van der Waals surface area (Å²) in [5.41, 5.74) is 11.8. The molecule has 3 heterocycles. The highest BCUT2D eigenvalue weighted by molar-refractivity contribution is 14.3. The van der Waals surface area contributed by atoms with E-state index in [1.54, 1.807) is 0 Å². The van der Waals surface area contributed by atoms with Crippen LogP contribution in [0.3, 0.4) is 0 Å². The number of anilines is 2. The Labute approximate surface area is 222 Å². The number of aromatic nitrogens is 6. The Hall–Kier alpha value is -0.460. The number of nitrogen functional groups attached to an aromatic ring is 2. The first-order valence-electron chi connectivity index (χ1n) is 7.88.